The second kappa shape index (κ2) is 2.32. The molecule has 3 heteroatoms. The summed E-state index contributed by atoms with van der Waals surface area (Å²) in [4.78, 5) is 21.9. The molecule has 62 valence electrons. The summed E-state index contributed by atoms with van der Waals surface area (Å²) in [7, 11) is 0. The maximum absolute atomic E-state index is 11.4. The Bertz CT molecular complexity index is 195. The number of carbonyl (C=O) groups is 2. The molecular formula is C8H13NO2. The SMILES string of the molecule is CC(C)(C)C(=O)C1CC(=O)N1. The first-order chi connectivity index (χ1) is 4.91. The molecular weight excluding hydrogens is 142 g/mol. The number of rotatable bonds is 1. The molecule has 1 aliphatic heterocycles. The van der Waals surface area contributed by atoms with Crippen LogP contribution < -0.4 is 5.32 Å². The molecule has 1 amide bonds. The Morgan fingerprint density at radius 1 is 1.55 bits per heavy atom. The van der Waals surface area contributed by atoms with Crippen LogP contribution in [0.15, 0.2) is 0 Å². The van der Waals surface area contributed by atoms with Crippen LogP contribution >= 0.6 is 0 Å². The van der Waals surface area contributed by atoms with Crippen molar-refractivity contribution in [1.29, 1.82) is 0 Å². The molecule has 0 aromatic heterocycles. The Morgan fingerprint density at radius 3 is 2.27 bits per heavy atom. The lowest BCUT2D eigenvalue weighted by Crippen LogP contribution is -2.56. The van der Waals surface area contributed by atoms with Crippen molar-refractivity contribution in [3.63, 3.8) is 0 Å². The highest BCUT2D eigenvalue weighted by molar-refractivity contribution is 6.00. The van der Waals surface area contributed by atoms with Crippen molar-refractivity contribution in [2.45, 2.75) is 33.2 Å². The first-order valence-corrected chi connectivity index (χ1v) is 3.75. The monoisotopic (exact) mass is 155 g/mol. The van der Waals surface area contributed by atoms with Gasteiger partial charge in [-0.05, 0) is 0 Å². The molecule has 0 spiro atoms. The maximum atomic E-state index is 11.4. The number of hydrogen-bond acceptors (Lipinski definition) is 2. The number of hydrogen-bond donors (Lipinski definition) is 1. The van der Waals surface area contributed by atoms with Crippen molar-refractivity contribution in [2.75, 3.05) is 0 Å². The van der Waals surface area contributed by atoms with Gasteiger partial charge < -0.3 is 5.32 Å². The van der Waals surface area contributed by atoms with Gasteiger partial charge in [-0.2, -0.15) is 0 Å². The van der Waals surface area contributed by atoms with E-state index < -0.39 is 0 Å². The van der Waals surface area contributed by atoms with Crippen molar-refractivity contribution in [3.05, 3.63) is 0 Å². The van der Waals surface area contributed by atoms with Gasteiger partial charge >= 0.3 is 0 Å². The van der Waals surface area contributed by atoms with Gasteiger partial charge in [0, 0.05) is 5.41 Å². The van der Waals surface area contributed by atoms with Crippen LogP contribution in [-0.4, -0.2) is 17.7 Å². The van der Waals surface area contributed by atoms with E-state index in [4.69, 9.17) is 0 Å². The number of amides is 1. The lowest BCUT2D eigenvalue weighted by molar-refractivity contribution is -0.140. The van der Waals surface area contributed by atoms with Gasteiger partial charge in [-0.1, -0.05) is 20.8 Å². The third-order valence-corrected chi connectivity index (χ3v) is 1.78. The first kappa shape index (κ1) is 8.24. The Balaban J connectivity index is 2.51. The fraction of sp³-hybridized carbons (Fsp3) is 0.750. The van der Waals surface area contributed by atoms with Crippen molar-refractivity contribution in [3.8, 4) is 0 Å². The van der Waals surface area contributed by atoms with E-state index in [9.17, 15) is 9.59 Å². The van der Waals surface area contributed by atoms with Crippen LogP contribution in [-0.2, 0) is 9.59 Å². The van der Waals surface area contributed by atoms with Gasteiger partial charge in [0.2, 0.25) is 5.91 Å². The fourth-order valence-corrected chi connectivity index (χ4v) is 1.04. The van der Waals surface area contributed by atoms with Gasteiger partial charge in [0.1, 0.15) is 0 Å². The number of nitrogens with one attached hydrogen (secondary N) is 1. The van der Waals surface area contributed by atoms with E-state index in [2.05, 4.69) is 5.32 Å². The summed E-state index contributed by atoms with van der Waals surface area (Å²) < 4.78 is 0. The molecule has 0 saturated carbocycles. The molecule has 1 saturated heterocycles. The van der Waals surface area contributed by atoms with E-state index in [-0.39, 0.29) is 23.1 Å². The van der Waals surface area contributed by atoms with Crippen LogP contribution in [0.5, 0.6) is 0 Å². The highest BCUT2D eigenvalue weighted by Crippen LogP contribution is 2.21. The van der Waals surface area contributed by atoms with Gasteiger partial charge in [0.05, 0.1) is 12.5 Å². The zero-order valence-corrected chi connectivity index (χ0v) is 7.10. The number of Topliss-reactive ketones (excluding diaryl/α,β-unsaturated/α-hetero) is 1. The van der Waals surface area contributed by atoms with Crippen LogP contribution in [0.2, 0.25) is 0 Å². The minimum atomic E-state index is -0.335. The molecule has 1 rings (SSSR count). The standard InChI is InChI=1S/C8H13NO2/c1-8(2,3)7(11)5-4-6(10)9-5/h5H,4H2,1-3H3,(H,9,10). The second-order valence-corrected chi connectivity index (χ2v) is 3.94. The van der Waals surface area contributed by atoms with Gasteiger partial charge in [0.25, 0.3) is 0 Å². The lowest BCUT2D eigenvalue weighted by Gasteiger charge is -2.30. The highest BCUT2D eigenvalue weighted by atomic mass is 16.2. The van der Waals surface area contributed by atoms with Gasteiger partial charge in [0.15, 0.2) is 5.78 Å². The Morgan fingerprint density at radius 2 is 2.00 bits per heavy atom. The maximum Gasteiger partial charge on any atom is 0.223 e. The van der Waals surface area contributed by atoms with Crippen LogP contribution in [0.4, 0.5) is 0 Å². The molecule has 0 bridgehead atoms. The highest BCUT2D eigenvalue weighted by Gasteiger charge is 2.37. The first-order valence-electron chi connectivity index (χ1n) is 3.75. The predicted octanol–water partition coefficient (Wildman–Crippen LogP) is 0.490. The molecule has 0 aliphatic carbocycles. The van der Waals surface area contributed by atoms with Crippen LogP contribution in [0, 0.1) is 5.41 Å². The van der Waals surface area contributed by atoms with Crippen molar-refractivity contribution >= 4 is 11.7 Å². The molecule has 1 aliphatic rings. The van der Waals surface area contributed by atoms with Gasteiger partial charge in [-0.3, -0.25) is 9.59 Å². The van der Waals surface area contributed by atoms with Crippen molar-refractivity contribution in [2.24, 2.45) is 5.41 Å². The third kappa shape index (κ3) is 1.59. The van der Waals surface area contributed by atoms with Crippen molar-refractivity contribution < 1.29 is 9.59 Å². The summed E-state index contributed by atoms with van der Waals surface area (Å²) in [6, 6.07) is -0.220. The molecule has 1 unspecified atom stereocenters. The van der Waals surface area contributed by atoms with Gasteiger partial charge in [-0.25, -0.2) is 0 Å². The normalized spacial score (nSPS) is 23.9. The van der Waals surface area contributed by atoms with Gasteiger partial charge in [-0.15, -0.1) is 0 Å². The lowest BCUT2D eigenvalue weighted by atomic mass is 9.83. The molecule has 1 N–H and O–H groups in total. The fourth-order valence-electron chi connectivity index (χ4n) is 1.04. The van der Waals surface area contributed by atoms with E-state index in [1.807, 2.05) is 20.8 Å². The number of β-lactam (4-membered cyclic amide) rings is 1. The minimum Gasteiger partial charge on any atom is -0.346 e. The summed E-state index contributed by atoms with van der Waals surface area (Å²) in [5, 5.41) is 2.56. The number of ketones is 1. The van der Waals surface area contributed by atoms with Crippen LogP contribution in [0.25, 0.3) is 0 Å². The summed E-state index contributed by atoms with van der Waals surface area (Å²) >= 11 is 0. The van der Waals surface area contributed by atoms with E-state index >= 15 is 0 Å². The predicted molar refractivity (Wildman–Crippen MR) is 41.0 cm³/mol. The second-order valence-electron chi connectivity index (χ2n) is 3.94. The molecule has 11 heavy (non-hydrogen) atoms. The molecule has 3 nitrogen and oxygen atoms in total. The summed E-state index contributed by atoms with van der Waals surface area (Å²) in [5.74, 6) is 0.102. The topological polar surface area (TPSA) is 46.2 Å². The minimum absolute atomic E-state index is 0.0207. The molecule has 0 radical (unpaired) electrons. The van der Waals surface area contributed by atoms with Crippen LogP contribution in [0.3, 0.4) is 0 Å². The average Bonchev–Trinajstić information content (AvgIpc) is 1.77. The Hall–Kier alpha value is -0.860. The largest absolute Gasteiger partial charge is 0.346 e. The Labute approximate surface area is 66.2 Å². The average molecular weight is 155 g/mol. The molecule has 0 aromatic carbocycles. The summed E-state index contributed by atoms with van der Waals surface area (Å²) in [5.41, 5.74) is -0.335. The zero-order valence-electron chi connectivity index (χ0n) is 7.10. The Kier molecular flexibility index (Phi) is 1.74. The third-order valence-electron chi connectivity index (χ3n) is 1.78. The molecule has 1 heterocycles. The van der Waals surface area contributed by atoms with E-state index in [0.29, 0.717) is 6.42 Å². The molecule has 0 aromatic rings. The summed E-state index contributed by atoms with van der Waals surface area (Å²) in [6.45, 7) is 5.58. The van der Waals surface area contributed by atoms with Crippen LogP contribution in [0.1, 0.15) is 27.2 Å². The quantitative estimate of drug-likeness (QED) is 0.560. The zero-order chi connectivity index (χ0) is 8.65. The van der Waals surface area contributed by atoms with Crippen molar-refractivity contribution in [1.82, 2.24) is 5.32 Å². The van der Waals surface area contributed by atoms with E-state index in [1.54, 1.807) is 0 Å². The smallest absolute Gasteiger partial charge is 0.223 e. The summed E-state index contributed by atoms with van der Waals surface area (Å²) in [6.07, 6.45) is 0.371. The van der Waals surface area contributed by atoms with E-state index in [1.165, 1.54) is 0 Å². The molecule has 1 fully saturated rings. The number of carbonyl (C=O) groups excluding carboxylic acids is 2. The molecule has 1 atom stereocenters. The van der Waals surface area contributed by atoms with E-state index in [0.717, 1.165) is 0 Å².